The van der Waals surface area contributed by atoms with Gasteiger partial charge in [0.05, 0.1) is 23.9 Å². The van der Waals surface area contributed by atoms with Gasteiger partial charge in [0.1, 0.15) is 22.3 Å². The molecule has 4 rings (SSSR count). The van der Waals surface area contributed by atoms with Crippen LogP contribution in [0.5, 0.6) is 17.2 Å². The van der Waals surface area contributed by atoms with Gasteiger partial charge in [-0.3, -0.25) is 4.99 Å². The maximum absolute atomic E-state index is 9.21. The number of aryl methyl sites for hydroxylation is 1. The Morgan fingerprint density at radius 3 is 2.61 bits per heavy atom. The summed E-state index contributed by atoms with van der Waals surface area (Å²) in [5.41, 5.74) is 3.13. The standard InChI is InChI=1S/C24H28N2O3S.O2S/c1-4-16(3)28-22-13-19(29-18-7-5-15(2)6-8-18)11-17-12-21(26-23(17)22)24-25-14-20(30-24)9-10-27;1-3-2/h5-8,11-13,16,20,26-27H,4,9-10,14H2,1-3H3;. The number of aliphatic hydroxyl groups excluding tert-OH is 1. The van der Waals surface area contributed by atoms with Gasteiger partial charge in [-0.1, -0.05) is 36.4 Å². The molecule has 0 spiro atoms. The molecular formula is C24H28N2O5S2. The minimum atomic E-state index is -0.750. The van der Waals surface area contributed by atoms with Crippen LogP contribution >= 0.6 is 11.8 Å². The highest BCUT2D eigenvalue weighted by Gasteiger charge is 2.22. The number of nitrogens with zero attached hydrogens (tertiary/aromatic N) is 1. The molecular weight excluding hydrogens is 460 g/mol. The SMILES string of the molecule is CCC(C)Oc1cc(Oc2ccc(C)cc2)cc2cc(C3=NCC(CCO)S3)[nH]c12.O=S=O. The number of hydrogen-bond acceptors (Lipinski definition) is 7. The lowest BCUT2D eigenvalue weighted by Crippen LogP contribution is -2.10. The summed E-state index contributed by atoms with van der Waals surface area (Å²) in [5.74, 6) is 2.33. The molecule has 176 valence electrons. The van der Waals surface area contributed by atoms with Crippen LogP contribution in [-0.2, 0) is 11.6 Å². The topological polar surface area (TPSA) is 101 Å². The molecule has 3 aromatic rings. The van der Waals surface area contributed by atoms with Crippen LogP contribution in [0.2, 0.25) is 0 Å². The van der Waals surface area contributed by atoms with E-state index in [4.69, 9.17) is 17.9 Å². The highest BCUT2D eigenvalue weighted by molar-refractivity contribution is 8.15. The van der Waals surface area contributed by atoms with Gasteiger partial charge in [0.25, 0.3) is 0 Å². The van der Waals surface area contributed by atoms with E-state index in [1.165, 1.54) is 5.56 Å². The second kappa shape index (κ2) is 12.0. The number of nitrogens with one attached hydrogen (secondary N) is 1. The third-order valence-corrected chi connectivity index (χ3v) is 6.51. The molecule has 0 aliphatic carbocycles. The number of aromatic amines is 1. The summed E-state index contributed by atoms with van der Waals surface area (Å²) in [6, 6.07) is 14.1. The maximum atomic E-state index is 9.21. The lowest BCUT2D eigenvalue weighted by Gasteiger charge is -2.15. The third kappa shape index (κ3) is 6.69. The number of aliphatic hydroxyl groups is 1. The molecule has 0 saturated heterocycles. The first-order chi connectivity index (χ1) is 16.0. The summed E-state index contributed by atoms with van der Waals surface area (Å²) in [6.07, 6.45) is 1.78. The second-order valence-electron chi connectivity index (χ2n) is 7.79. The molecule has 33 heavy (non-hydrogen) atoms. The van der Waals surface area contributed by atoms with Crippen LogP contribution in [0.1, 0.15) is 37.9 Å². The molecule has 1 aliphatic heterocycles. The van der Waals surface area contributed by atoms with Crippen LogP contribution in [0.3, 0.4) is 0 Å². The Hall–Kier alpha value is -2.62. The van der Waals surface area contributed by atoms with E-state index in [2.05, 4.69) is 36.8 Å². The molecule has 1 aromatic heterocycles. The van der Waals surface area contributed by atoms with Crippen LogP contribution in [0.4, 0.5) is 0 Å². The number of ether oxygens (including phenoxy) is 2. The van der Waals surface area contributed by atoms with Gasteiger partial charge in [-0.25, -0.2) is 0 Å². The third-order valence-electron chi connectivity index (χ3n) is 5.22. The van der Waals surface area contributed by atoms with Crippen molar-refractivity contribution in [3.8, 4) is 17.2 Å². The van der Waals surface area contributed by atoms with Gasteiger partial charge in [-0.15, -0.1) is 0 Å². The molecule has 7 nitrogen and oxygen atoms in total. The van der Waals surface area contributed by atoms with E-state index in [0.717, 1.165) is 58.3 Å². The zero-order valence-electron chi connectivity index (χ0n) is 18.9. The molecule has 0 amide bonds. The van der Waals surface area contributed by atoms with Gasteiger partial charge in [0.2, 0.25) is 0 Å². The van der Waals surface area contributed by atoms with Crippen molar-refractivity contribution < 1.29 is 23.0 Å². The Morgan fingerprint density at radius 2 is 1.94 bits per heavy atom. The predicted molar refractivity (Wildman–Crippen MR) is 133 cm³/mol. The van der Waals surface area contributed by atoms with Gasteiger partial charge >= 0.3 is 11.6 Å². The quantitative estimate of drug-likeness (QED) is 0.462. The van der Waals surface area contributed by atoms with Gasteiger partial charge in [0.15, 0.2) is 0 Å². The Kier molecular flexibility index (Phi) is 9.11. The van der Waals surface area contributed by atoms with Crippen molar-refractivity contribution in [1.82, 2.24) is 4.98 Å². The van der Waals surface area contributed by atoms with Crippen LogP contribution in [0, 0.1) is 6.92 Å². The lowest BCUT2D eigenvalue weighted by molar-refractivity contribution is 0.219. The summed E-state index contributed by atoms with van der Waals surface area (Å²) < 4.78 is 28.9. The number of fused-ring (bicyclic) bond motifs is 1. The van der Waals surface area contributed by atoms with Crippen LogP contribution in [-0.4, -0.2) is 48.1 Å². The highest BCUT2D eigenvalue weighted by Crippen LogP contribution is 2.36. The van der Waals surface area contributed by atoms with E-state index in [1.807, 2.05) is 36.4 Å². The Morgan fingerprint density at radius 1 is 1.21 bits per heavy atom. The predicted octanol–water partition coefficient (Wildman–Crippen LogP) is 5.02. The van der Waals surface area contributed by atoms with Crippen LogP contribution in [0.15, 0.2) is 47.5 Å². The molecule has 9 heteroatoms. The number of benzene rings is 2. The highest BCUT2D eigenvalue weighted by atomic mass is 32.2. The number of thioether (sulfide) groups is 1. The van der Waals surface area contributed by atoms with Crippen LogP contribution < -0.4 is 9.47 Å². The largest absolute Gasteiger partial charge is 0.488 e. The van der Waals surface area contributed by atoms with Gasteiger partial charge in [-0.05, 0) is 51.0 Å². The van der Waals surface area contributed by atoms with E-state index >= 15 is 0 Å². The Balaban J connectivity index is 0.000000968. The first kappa shape index (κ1) is 25.0. The average Bonchev–Trinajstić information content (AvgIpc) is 3.43. The Bertz CT molecular complexity index is 1140. The molecule has 2 heterocycles. The van der Waals surface area contributed by atoms with Crippen molar-refractivity contribution in [2.75, 3.05) is 13.2 Å². The Labute approximate surface area is 201 Å². The van der Waals surface area contributed by atoms with Gasteiger partial charge in [0, 0.05) is 23.3 Å². The van der Waals surface area contributed by atoms with E-state index in [0.29, 0.717) is 5.25 Å². The fourth-order valence-corrected chi connectivity index (χ4v) is 4.43. The monoisotopic (exact) mass is 488 g/mol. The fraction of sp³-hybridized carbons (Fsp3) is 0.375. The number of aliphatic imine (C=N–C) groups is 1. The lowest BCUT2D eigenvalue weighted by atomic mass is 10.2. The second-order valence-corrected chi connectivity index (χ2v) is 9.21. The van der Waals surface area contributed by atoms with Crippen molar-refractivity contribution in [2.24, 2.45) is 4.99 Å². The number of rotatable bonds is 8. The summed E-state index contributed by atoms with van der Waals surface area (Å²) in [5, 5.41) is 11.6. The first-order valence-electron chi connectivity index (χ1n) is 10.8. The molecule has 2 aromatic carbocycles. The summed E-state index contributed by atoms with van der Waals surface area (Å²) in [6.45, 7) is 7.18. The van der Waals surface area contributed by atoms with Crippen molar-refractivity contribution in [3.63, 3.8) is 0 Å². The number of hydrogen-bond donors (Lipinski definition) is 2. The molecule has 2 atom stereocenters. The number of H-pyrrole nitrogens is 1. The van der Waals surface area contributed by atoms with Crippen molar-refractivity contribution in [3.05, 3.63) is 53.7 Å². The van der Waals surface area contributed by atoms with E-state index in [-0.39, 0.29) is 12.7 Å². The minimum absolute atomic E-state index is 0.0988. The summed E-state index contributed by atoms with van der Waals surface area (Å²) >= 11 is 0.973. The summed E-state index contributed by atoms with van der Waals surface area (Å²) in [7, 11) is 0. The average molecular weight is 489 g/mol. The van der Waals surface area contributed by atoms with Crippen molar-refractivity contribution in [1.29, 1.82) is 0 Å². The molecule has 0 saturated carbocycles. The smallest absolute Gasteiger partial charge is 0.335 e. The molecule has 0 bridgehead atoms. The van der Waals surface area contributed by atoms with Gasteiger partial charge in [-0.2, -0.15) is 8.42 Å². The number of aromatic nitrogens is 1. The van der Waals surface area contributed by atoms with E-state index < -0.39 is 11.6 Å². The summed E-state index contributed by atoms with van der Waals surface area (Å²) in [4.78, 5) is 8.17. The molecule has 0 radical (unpaired) electrons. The van der Waals surface area contributed by atoms with Gasteiger partial charge < -0.3 is 19.6 Å². The zero-order chi connectivity index (χ0) is 23.8. The van der Waals surface area contributed by atoms with Crippen molar-refractivity contribution >= 4 is 39.3 Å². The van der Waals surface area contributed by atoms with Crippen molar-refractivity contribution in [2.45, 2.75) is 45.0 Å². The maximum Gasteiger partial charge on any atom is 0.335 e. The minimum Gasteiger partial charge on any atom is -0.488 e. The molecule has 2 N–H and O–H groups in total. The molecule has 2 unspecified atom stereocenters. The molecule has 1 aliphatic rings. The molecule has 0 fully saturated rings. The van der Waals surface area contributed by atoms with Crippen LogP contribution in [0.25, 0.3) is 10.9 Å². The van der Waals surface area contributed by atoms with E-state index in [1.54, 1.807) is 11.8 Å². The zero-order valence-corrected chi connectivity index (χ0v) is 20.5. The normalized spacial score (nSPS) is 16.0. The first-order valence-corrected chi connectivity index (χ1v) is 12.3. The fourth-order valence-electron chi connectivity index (χ4n) is 3.35. The van der Waals surface area contributed by atoms with E-state index in [9.17, 15) is 5.11 Å².